The third-order valence-electron chi connectivity index (χ3n) is 4.00. The molecular formula is C13H17ClFN. The Morgan fingerprint density at radius 1 is 1.06 bits per heavy atom. The topological polar surface area (TPSA) is 12.0 Å². The highest BCUT2D eigenvalue weighted by atomic mass is 35.5. The van der Waals surface area contributed by atoms with E-state index in [4.69, 9.17) is 0 Å². The van der Waals surface area contributed by atoms with Crippen LogP contribution in [0.5, 0.6) is 0 Å². The molecule has 1 aliphatic heterocycles. The smallest absolute Gasteiger partial charge is 0.126 e. The zero-order valence-corrected chi connectivity index (χ0v) is 9.97. The minimum Gasteiger partial charge on any atom is -0.316 e. The first-order valence-corrected chi connectivity index (χ1v) is 5.79. The predicted octanol–water partition coefficient (Wildman–Crippen LogP) is 2.96. The number of rotatable bonds is 1. The van der Waals surface area contributed by atoms with Crippen molar-refractivity contribution in [2.75, 3.05) is 13.1 Å². The normalized spacial score (nSPS) is 28.8. The molecule has 0 bridgehead atoms. The predicted molar refractivity (Wildman–Crippen MR) is 65.5 cm³/mol. The summed E-state index contributed by atoms with van der Waals surface area (Å²) in [6.45, 7) is 2.27. The van der Waals surface area contributed by atoms with Gasteiger partial charge in [0.1, 0.15) is 5.82 Å². The van der Waals surface area contributed by atoms with Crippen LogP contribution < -0.4 is 5.32 Å². The molecule has 1 aromatic rings. The molecule has 1 aromatic carbocycles. The van der Waals surface area contributed by atoms with Crippen molar-refractivity contribution in [1.82, 2.24) is 5.32 Å². The maximum Gasteiger partial charge on any atom is 0.126 e. The Morgan fingerprint density at radius 3 is 2.31 bits per heavy atom. The van der Waals surface area contributed by atoms with Crippen LogP contribution in [-0.2, 0) is 0 Å². The molecule has 1 nitrogen and oxygen atoms in total. The molecule has 1 saturated heterocycles. The van der Waals surface area contributed by atoms with Gasteiger partial charge in [-0.1, -0.05) is 18.2 Å². The van der Waals surface area contributed by atoms with E-state index in [2.05, 4.69) is 5.32 Å². The Bertz CT molecular complexity index is 357. The molecule has 0 spiro atoms. The minimum absolute atomic E-state index is 0. The number of fused-ring (bicyclic) bond motifs is 1. The summed E-state index contributed by atoms with van der Waals surface area (Å²) in [5, 5.41) is 3.42. The molecule has 3 heteroatoms. The molecule has 0 radical (unpaired) electrons. The van der Waals surface area contributed by atoms with Crippen LogP contribution in [0.4, 0.5) is 4.39 Å². The summed E-state index contributed by atoms with van der Waals surface area (Å²) >= 11 is 0. The van der Waals surface area contributed by atoms with Gasteiger partial charge in [-0.05, 0) is 55.3 Å². The van der Waals surface area contributed by atoms with E-state index >= 15 is 0 Å². The van der Waals surface area contributed by atoms with Crippen LogP contribution in [0.1, 0.15) is 24.3 Å². The second kappa shape index (κ2) is 4.72. The van der Waals surface area contributed by atoms with Crippen LogP contribution in [-0.4, -0.2) is 13.1 Å². The van der Waals surface area contributed by atoms with Gasteiger partial charge in [-0.3, -0.25) is 0 Å². The maximum absolute atomic E-state index is 13.6. The quantitative estimate of drug-likeness (QED) is 0.797. The lowest BCUT2D eigenvalue weighted by Gasteiger charge is -2.12. The summed E-state index contributed by atoms with van der Waals surface area (Å²) in [5.74, 6) is 2.02. The average Bonchev–Trinajstić information content (AvgIpc) is 2.77. The van der Waals surface area contributed by atoms with E-state index in [9.17, 15) is 4.39 Å². The first-order valence-electron chi connectivity index (χ1n) is 5.79. The van der Waals surface area contributed by atoms with Crippen molar-refractivity contribution in [2.24, 2.45) is 11.8 Å². The van der Waals surface area contributed by atoms with E-state index in [1.54, 1.807) is 12.1 Å². The lowest BCUT2D eigenvalue weighted by molar-refractivity contribution is 0.494. The van der Waals surface area contributed by atoms with Crippen LogP contribution in [0.15, 0.2) is 24.3 Å². The highest BCUT2D eigenvalue weighted by molar-refractivity contribution is 5.85. The standard InChI is InChI=1S/C13H16FN.ClH/c14-13-4-2-1-3-12(13)9-5-10-7-15-8-11(10)6-9;/h1-4,9-11,15H,5-8H2;1H/t10-,11-;/m0./s1. The molecule has 1 N–H and O–H groups in total. The average molecular weight is 242 g/mol. The fourth-order valence-electron chi connectivity index (χ4n) is 3.23. The lowest BCUT2D eigenvalue weighted by Crippen LogP contribution is -2.11. The fourth-order valence-corrected chi connectivity index (χ4v) is 3.23. The second-order valence-electron chi connectivity index (χ2n) is 4.87. The third-order valence-corrected chi connectivity index (χ3v) is 4.00. The Hall–Kier alpha value is -0.600. The van der Waals surface area contributed by atoms with E-state index in [0.29, 0.717) is 5.92 Å². The summed E-state index contributed by atoms with van der Waals surface area (Å²) in [7, 11) is 0. The van der Waals surface area contributed by atoms with E-state index in [0.717, 1.165) is 30.5 Å². The van der Waals surface area contributed by atoms with Gasteiger partial charge in [0.2, 0.25) is 0 Å². The Labute approximate surface area is 102 Å². The Morgan fingerprint density at radius 2 is 1.69 bits per heavy atom. The third kappa shape index (κ3) is 1.96. The van der Waals surface area contributed by atoms with Crippen LogP contribution >= 0.6 is 12.4 Å². The molecular weight excluding hydrogens is 225 g/mol. The molecule has 0 aromatic heterocycles. The van der Waals surface area contributed by atoms with Crippen LogP contribution in [0.25, 0.3) is 0 Å². The number of halogens is 2. The van der Waals surface area contributed by atoms with Gasteiger partial charge in [-0.25, -0.2) is 4.39 Å². The van der Waals surface area contributed by atoms with Crippen molar-refractivity contribution in [2.45, 2.75) is 18.8 Å². The number of hydrogen-bond donors (Lipinski definition) is 1. The van der Waals surface area contributed by atoms with Gasteiger partial charge < -0.3 is 5.32 Å². The van der Waals surface area contributed by atoms with Crippen molar-refractivity contribution in [1.29, 1.82) is 0 Å². The van der Waals surface area contributed by atoms with Crippen molar-refractivity contribution in [3.63, 3.8) is 0 Å². The minimum atomic E-state index is -0.0181. The van der Waals surface area contributed by atoms with Gasteiger partial charge in [0.05, 0.1) is 0 Å². The zero-order chi connectivity index (χ0) is 10.3. The number of nitrogens with one attached hydrogen (secondary N) is 1. The lowest BCUT2D eigenvalue weighted by atomic mass is 9.95. The SMILES string of the molecule is Cl.Fc1ccccc1C1C[C@H]2CNC[C@@H]2C1. The monoisotopic (exact) mass is 241 g/mol. The van der Waals surface area contributed by atoms with Gasteiger partial charge in [0, 0.05) is 0 Å². The first-order chi connectivity index (χ1) is 7.34. The Kier molecular flexibility index (Phi) is 3.50. The molecule has 2 fully saturated rings. The largest absolute Gasteiger partial charge is 0.316 e. The van der Waals surface area contributed by atoms with E-state index in [1.807, 2.05) is 12.1 Å². The summed E-state index contributed by atoms with van der Waals surface area (Å²) in [4.78, 5) is 0. The second-order valence-corrected chi connectivity index (χ2v) is 4.87. The first kappa shape index (κ1) is 11.9. The molecule has 3 rings (SSSR count). The molecule has 0 unspecified atom stereocenters. The van der Waals surface area contributed by atoms with Crippen LogP contribution in [0, 0.1) is 17.7 Å². The van der Waals surface area contributed by atoms with Gasteiger partial charge in [0.25, 0.3) is 0 Å². The van der Waals surface area contributed by atoms with Crippen molar-refractivity contribution < 1.29 is 4.39 Å². The van der Waals surface area contributed by atoms with Gasteiger partial charge in [-0.15, -0.1) is 12.4 Å². The molecule has 16 heavy (non-hydrogen) atoms. The highest BCUT2D eigenvalue weighted by Gasteiger charge is 2.38. The molecule has 2 aliphatic rings. The molecule has 1 heterocycles. The summed E-state index contributed by atoms with van der Waals surface area (Å²) in [6.07, 6.45) is 2.33. The Balaban J connectivity index is 0.000000963. The maximum atomic E-state index is 13.6. The van der Waals surface area contributed by atoms with Crippen molar-refractivity contribution >= 4 is 12.4 Å². The molecule has 1 aliphatic carbocycles. The van der Waals surface area contributed by atoms with Crippen molar-refractivity contribution in [3.8, 4) is 0 Å². The van der Waals surface area contributed by atoms with Gasteiger partial charge in [-0.2, -0.15) is 0 Å². The van der Waals surface area contributed by atoms with Gasteiger partial charge in [0.15, 0.2) is 0 Å². The highest BCUT2D eigenvalue weighted by Crippen LogP contribution is 2.44. The molecule has 0 amide bonds. The summed E-state index contributed by atoms with van der Waals surface area (Å²) in [5.41, 5.74) is 0.937. The summed E-state index contributed by atoms with van der Waals surface area (Å²) < 4.78 is 13.6. The molecule has 2 atom stereocenters. The van der Waals surface area contributed by atoms with Gasteiger partial charge >= 0.3 is 0 Å². The number of hydrogen-bond acceptors (Lipinski definition) is 1. The fraction of sp³-hybridized carbons (Fsp3) is 0.538. The zero-order valence-electron chi connectivity index (χ0n) is 9.16. The van der Waals surface area contributed by atoms with E-state index in [1.165, 1.54) is 12.8 Å². The van der Waals surface area contributed by atoms with E-state index < -0.39 is 0 Å². The number of benzene rings is 1. The van der Waals surface area contributed by atoms with Crippen LogP contribution in [0.2, 0.25) is 0 Å². The molecule has 88 valence electrons. The van der Waals surface area contributed by atoms with Crippen molar-refractivity contribution in [3.05, 3.63) is 35.6 Å². The van der Waals surface area contributed by atoms with Crippen LogP contribution in [0.3, 0.4) is 0 Å². The summed E-state index contributed by atoms with van der Waals surface area (Å²) in [6, 6.07) is 7.26. The molecule has 1 saturated carbocycles. The van der Waals surface area contributed by atoms with E-state index in [-0.39, 0.29) is 18.2 Å².